The number of hydrogen-bond donors (Lipinski definition) is 2. The van der Waals surface area contributed by atoms with Crippen molar-refractivity contribution in [1.29, 1.82) is 0 Å². The second kappa shape index (κ2) is 9.26. The van der Waals surface area contributed by atoms with Crippen LogP contribution in [0.15, 0.2) is 77.9 Å². The van der Waals surface area contributed by atoms with Crippen molar-refractivity contribution in [2.75, 3.05) is 12.8 Å². The SMILES string of the molecule is COc1ccc(CNC(=O)c2c(N)n(/N=C/c3cccc(C)c3)c3nc4ccccc4nc23)cc1. The van der Waals surface area contributed by atoms with Gasteiger partial charge in [0, 0.05) is 6.54 Å². The van der Waals surface area contributed by atoms with Crippen molar-refractivity contribution < 1.29 is 9.53 Å². The Kier molecular flexibility index (Phi) is 5.85. The molecule has 0 bridgehead atoms. The molecule has 1 amide bonds. The van der Waals surface area contributed by atoms with E-state index in [1.807, 2.05) is 79.7 Å². The molecule has 3 N–H and O–H groups in total. The highest BCUT2D eigenvalue weighted by Gasteiger charge is 2.24. The standard InChI is InChI=1S/C27H24N6O2/c1-17-6-5-7-19(14-17)16-30-33-25(28)23(24-26(33)32-22-9-4-3-8-21(22)31-24)27(34)29-15-18-10-12-20(35-2)13-11-18/h3-14,16H,15,28H2,1-2H3,(H,29,34)/b30-16+. The molecular formula is C27H24N6O2. The summed E-state index contributed by atoms with van der Waals surface area (Å²) in [6.45, 7) is 2.34. The predicted molar refractivity (Wildman–Crippen MR) is 138 cm³/mol. The molecule has 3 aromatic carbocycles. The number of benzene rings is 3. The zero-order valence-electron chi connectivity index (χ0n) is 19.4. The Hall–Kier alpha value is -4.72. The average Bonchev–Trinajstić information content (AvgIpc) is 3.15. The highest BCUT2D eigenvalue weighted by molar-refractivity contribution is 6.10. The molecule has 5 aromatic rings. The van der Waals surface area contributed by atoms with E-state index in [9.17, 15) is 4.79 Å². The van der Waals surface area contributed by atoms with Gasteiger partial charge >= 0.3 is 0 Å². The predicted octanol–water partition coefficient (Wildman–Crippen LogP) is 4.30. The molecule has 0 aliphatic heterocycles. The van der Waals surface area contributed by atoms with E-state index in [0.29, 0.717) is 28.7 Å². The number of carbonyl (C=O) groups excluding carboxylic acids is 1. The number of nitrogens with zero attached hydrogens (tertiary/aromatic N) is 4. The number of para-hydroxylation sites is 2. The van der Waals surface area contributed by atoms with Crippen LogP contribution in [0.1, 0.15) is 27.0 Å². The molecule has 0 spiro atoms. The van der Waals surface area contributed by atoms with Crippen molar-refractivity contribution in [3.05, 3.63) is 95.1 Å². The van der Waals surface area contributed by atoms with Gasteiger partial charge < -0.3 is 15.8 Å². The lowest BCUT2D eigenvalue weighted by atomic mass is 10.2. The number of nitrogen functional groups attached to an aromatic ring is 1. The van der Waals surface area contributed by atoms with Crippen LogP contribution in [0.4, 0.5) is 5.82 Å². The van der Waals surface area contributed by atoms with Gasteiger partial charge in [0.15, 0.2) is 5.65 Å². The van der Waals surface area contributed by atoms with E-state index < -0.39 is 0 Å². The largest absolute Gasteiger partial charge is 0.497 e. The van der Waals surface area contributed by atoms with Crippen molar-refractivity contribution in [1.82, 2.24) is 20.0 Å². The Balaban J connectivity index is 1.55. The maximum absolute atomic E-state index is 13.3. The van der Waals surface area contributed by atoms with Gasteiger partial charge in [0.05, 0.1) is 24.4 Å². The van der Waals surface area contributed by atoms with Gasteiger partial charge in [-0.2, -0.15) is 9.78 Å². The Labute approximate surface area is 202 Å². The van der Waals surface area contributed by atoms with Crippen LogP contribution in [0.2, 0.25) is 0 Å². The third-order valence-corrected chi connectivity index (χ3v) is 5.68. The van der Waals surface area contributed by atoms with E-state index in [1.54, 1.807) is 13.3 Å². The molecule has 0 aliphatic rings. The van der Waals surface area contributed by atoms with Gasteiger partial charge in [-0.05, 0) is 42.3 Å². The lowest BCUT2D eigenvalue weighted by molar-refractivity contribution is 0.0953. The molecule has 0 atom stereocenters. The first kappa shape index (κ1) is 22.1. The Bertz CT molecular complexity index is 1570. The fraction of sp³-hybridized carbons (Fsp3) is 0.111. The fourth-order valence-corrected chi connectivity index (χ4v) is 3.88. The van der Waals surface area contributed by atoms with E-state index >= 15 is 0 Å². The first-order valence-electron chi connectivity index (χ1n) is 11.1. The molecule has 5 rings (SSSR count). The Morgan fingerprint density at radius 3 is 2.51 bits per heavy atom. The molecule has 0 saturated carbocycles. The Morgan fingerprint density at radius 1 is 1.06 bits per heavy atom. The van der Waals surface area contributed by atoms with E-state index in [4.69, 9.17) is 20.4 Å². The number of nitrogens with one attached hydrogen (secondary N) is 1. The molecule has 174 valence electrons. The van der Waals surface area contributed by atoms with Crippen LogP contribution >= 0.6 is 0 Å². The minimum Gasteiger partial charge on any atom is -0.497 e. The maximum Gasteiger partial charge on any atom is 0.257 e. The number of nitrogens with two attached hydrogens (primary N) is 1. The fourth-order valence-electron chi connectivity index (χ4n) is 3.88. The Morgan fingerprint density at radius 2 is 1.80 bits per heavy atom. The van der Waals surface area contributed by atoms with Crippen LogP contribution < -0.4 is 15.8 Å². The minimum absolute atomic E-state index is 0.173. The lowest BCUT2D eigenvalue weighted by Crippen LogP contribution is -2.23. The maximum atomic E-state index is 13.3. The van der Waals surface area contributed by atoms with Crippen molar-refractivity contribution in [3.63, 3.8) is 0 Å². The highest BCUT2D eigenvalue weighted by Crippen LogP contribution is 2.28. The summed E-state index contributed by atoms with van der Waals surface area (Å²) in [5.41, 5.74) is 11.8. The molecule has 0 radical (unpaired) electrons. The summed E-state index contributed by atoms with van der Waals surface area (Å²) in [5.74, 6) is 0.574. The third kappa shape index (κ3) is 4.41. The number of aryl methyl sites for hydroxylation is 1. The molecule has 8 heteroatoms. The monoisotopic (exact) mass is 464 g/mol. The van der Waals surface area contributed by atoms with Gasteiger partial charge in [-0.3, -0.25) is 4.79 Å². The van der Waals surface area contributed by atoms with Crippen LogP contribution in [0.25, 0.3) is 22.2 Å². The van der Waals surface area contributed by atoms with E-state index in [1.165, 1.54) is 4.68 Å². The second-order valence-corrected chi connectivity index (χ2v) is 8.15. The van der Waals surface area contributed by atoms with Crippen LogP contribution in [0.3, 0.4) is 0 Å². The van der Waals surface area contributed by atoms with E-state index in [-0.39, 0.29) is 17.3 Å². The number of ether oxygens (including phenoxy) is 1. The van der Waals surface area contributed by atoms with Crippen molar-refractivity contribution >= 4 is 40.1 Å². The summed E-state index contributed by atoms with van der Waals surface area (Å²) in [4.78, 5) is 22.7. The number of methoxy groups -OCH3 is 1. The number of anilines is 1. The molecule has 0 aliphatic carbocycles. The van der Waals surface area contributed by atoms with Crippen molar-refractivity contribution in [2.45, 2.75) is 13.5 Å². The third-order valence-electron chi connectivity index (χ3n) is 5.68. The van der Waals surface area contributed by atoms with Crippen LogP contribution in [-0.2, 0) is 6.54 Å². The summed E-state index contributed by atoms with van der Waals surface area (Å²) in [6, 6.07) is 22.9. The minimum atomic E-state index is -0.350. The molecular weight excluding hydrogens is 440 g/mol. The van der Waals surface area contributed by atoms with Gasteiger partial charge in [0.25, 0.3) is 5.91 Å². The quantitative estimate of drug-likeness (QED) is 0.365. The number of aromatic nitrogens is 3. The summed E-state index contributed by atoms with van der Waals surface area (Å²) < 4.78 is 6.66. The zero-order chi connectivity index (χ0) is 24.4. The normalized spacial score (nSPS) is 11.4. The van der Waals surface area contributed by atoms with Gasteiger partial charge in [-0.25, -0.2) is 9.97 Å². The summed E-state index contributed by atoms with van der Waals surface area (Å²) in [6.07, 6.45) is 1.69. The molecule has 0 fully saturated rings. The molecule has 8 nitrogen and oxygen atoms in total. The van der Waals surface area contributed by atoms with Crippen molar-refractivity contribution in [2.24, 2.45) is 5.10 Å². The number of amides is 1. The van der Waals surface area contributed by atoms with Crippen LogP contribution in [-0.4, -0.2) is 33.9 Å². The summed E-state index contributed by atoms with van der Waals surface area (Å²) >= 11 is 0. The highest BCUT2D eigenvalue weighted by atomic mass is 16.5. The topological polar surface area (TPSA) is 107 Å². The van der Waals surface area contributed by atoms with Gasteiger partial charge in [0.2, 0.25) is 0 Å². The molecule has 0 unspecified atom stereocenters. The summed E-state index contributed by atoms with van der Waals surface area (Å²) in [7, 11) is 1.61. The van der Waals surface area contributed by atoms with Crippen LogP contribution in [0.5, 0.6) is 5.75 Å². The summed E-state index contributed by atoms with van der Waals surface area (Å²) in [5, 5.41) is 7.50. The van der Waals surface area contributed by atoms with Gasteiger partial charge in [-0.1, -0.05) is 54.1 Å². The smallest absolute Gasteiger partial charge is 0.257 e. The van der Waals surface area contributed by atoms with E-state index in [2.05, 4.69) is 10.4 Å². The van der Waals surface area contributed by atoms with Gasteiger partial charge in [-0.15, -0.1) is 0 Å². The first-order valence-corrected chi connectivity index (χ1v) is 11.1. The molecule has 2 aromatic heterocycles. The molecule has 0 saturated heterocycles. The van der Waals surface area contributed by atoms with Crippen LogP contribution in [0, 0.1) is 6.92 Å². The lowest BCUT2D eigenvalue weighted by Gasteiger charge is -2.06. The molecule has 2 heterocycles. The number of fused-ring (bicyclic) bond motifs is 2. The molecule has 35 heavy (non-hydrogen) atoms. The van der Waals surface area contributed by atoms with Crippen molar-refractivity contribution in [3.8, 4) is 5.75 Å². The second-order valence-electron chi connectivity index (χ2n) is 8.15. The number of rotatable bonds is 6. The zero-order valence-corrected chi connectivity index (χ0v) is 19.4. The first-order chi connectivity index (χ1) is 17.0. The number of carbonyl (C=O) groups is 1. The average molecular weight is 465 g/mol. The van der Waals surface area contributed by atoms with E-state index in [0.717, 1.165) is 22.4 Å². The van der Waals surface area contributed by atoms with Gasteiger partial charge in [0.1, 0.15) is 22.6 Å². The number of hydrogen-bond acceptors (Lipinski definition) is 6.